The summed E-state index contributed by atoms with van der Waals surface area (Å²) in [7, 11) is -1.49. The van der Waals surface area contributed by atoms with Gasteiger partial charge in [-0.05, 0) is 58.0 Å². The third kappa shape index (κ3) is 3.50. The lowest BCUT2D eigenvalue weighted by Crippen LogP contribution is -2.29. The molecule has 1 aromatic heterocycles. The van der Waals surface area contributed by atoms with Crippen molar-refractivity contribution in [2.45, 2.75) is 0 Å². The van der Waals surface area contributed by atoms with Crippen LogP contribution in [0.2, 0.25) is 0 Å². The second-order valence-corrected chi connectivity index (χ2v) is 8.50. The van der Waals surface area contributed by atoms with Gasteiger partial charge in [-0.1, -0.05) is 91.0 Å². The maximum atomic E-state index is 9.66. The number of nitrogens with zero attached hydrogens (tertiary/aromatic N) is 1. The highest BCUT2D eigenvalue weighted by Crippen LogP contribution is 2.33. The van der Waals surface area contributed by atoms with E-state index in [2.05, 4.69) is 89.5 Å². The van der Waals surface area contributed by atoms with Crippen molar-refractivity contribution in [3.05, 3.63) is 121 Å². The standard InChI is InChI=1S/C30H22BNO2/c33-31(34)25-15-18-30-28(20-25)27-11-4-5-12-29(27)32(30)26-16-13-22(14-17-26)24-10-6-9-23(19-24)21-7-2-1-3-8-21/h1-20,33-34H. The molecule has 2 N–H and O–H groups in total. The largest absolute Gasteiger partial charge is 0.488 e. The van der Waals surface area contributed by atoms with Gasteiger partial charge in [0.1, 0.15) is 0 Å². The van der Waals surface area contributed by atoms with Crippen molar-refractivity contribution in [1.29, 1.82) is 0 Å². The second kappa shape index (κ2) is 8.34. The zero-order valence-electron chi connectivity index (χ0n) is 18.5. The number of fused-ring (bicyclic) bond motifs is 3. The molecule has 6 aromatic rings. The van der Waals surface area contributed by atoms with E-state index in [1.165, 1.54) is 16.7 Å². The van der Waals surface area contributed by atoms with Gasteiger partial charge >= 0.3 is 7.12 Å². The van der Waals surface area contributed by atoms with Crippen LogP contribution in [-0.4, -0.2) is 21.7 Å². The summed E-state index contributed by atoms with van der Waals surface area (Å²) in [5.74, 6) is 0. The fourth-order valence-electron chi connectivity index (χ4n) is 4.74. The molecule has 162 valence electrons. The summed E-state index contributed by atoms with van der Waals surface area (Å²) >= 11 is 0. The molecule has 6 rings (SSSR count). The summed E-state index contributed by atoms with van der Waals surface area (Å²) < 4.78 is 2.22. The number of para-hydroxylation sites is 1. The smallest absolute Gasteiger partial charge is 0.423 e. The van der Waals surface area contributed by atoms with Gasteiger partial charge in [0.25, 0.3) is 0 Å². The average Bonchev–Trinajstić information content (AvgIpc) is 3.23. The van der Waals surface area contributed by atoms with E-state index in [1.807, 2.05) is 30.3 Å². The SMILES string of the molecule is OB(O)c1ccc2c(c1)c1ccccc1n2-c1ccc(-c2cccc(-c3ccccc3)c2)cc1. The Labute approximate surface area is 198 Å². The van der Waals surface area contributed by atoms with Crippen molar-refractivity contribution in [2.75, 3.05) is 0 Å². The Morgan fingerprint density at radius 1 is 0.471 bits per heavy atom. The predicted octanol–water partition coefficient (Wildman–Crippen LogP) is 5.80. The van der Waals surface area contributed by atoms with Crippen LogP contribution in [0.15, 0.2) is 121 Å². The minimum Gasteiger partial charge on any atom is -0.423 e. The molecule has 0 aliphatic carbocycles. The molecule has 5 aromatic carbocycles. The van der Waals surface area contributed by atoms with Gasteiger partial charge in [-0.2, -0.15) is 0 Å². The Hall–Kier alpha value is -4.12. The zero-order chi connectivity index (χ0) is 23.1. The van der Waals surface area contributed by atoms with E-state index in [4.69, 9.17) is 0 Å². The number of hydrogen-bond donors (Lipinski definition) is 2. The first kappa shape index (κ1) is 20.5. The molecule has 0 bridgehead atoms. The van der Waals surface area contributed by atoms with E-state index in [1.54, 1.807) is 6.07 Å². The molecule has 0 unspecified atom stereocenters. The van der Waals surface area contributed by atoms with Gasteiger partial charge in [0, 0.05) is 16.5 Å². The highest BCUT2D eigenvalue weighted by molar-refractivity contribution is 6.59. The lowest BCUT2D eigenvalue weighted by atomic mass is 9.80. The predicted molar refractivity (Wildman–Crippen MR) is 141 cm³/mol. The van der Waals surface area contributed by atoms with Crippen LogP contribution in [0, 0.1) is 0 Å². The first-order valence-corrected chi connectivity index (χ1v) is 11.3. The van der Waals surface area contributed by atoms with E-state index in [9.17, 15) is 10.0 Å². The number of aromatic nitrogens is 1. The summed E-state index contributed by atoms with van der Waals surface area (Å²) in [5.41, 5.74) is 8.41. The molecule has 0 saturated heterocycles. The molecule has 4 heteroatoms. The van der Waals surface area contributed by atoms with Crippen LogP contribution in [0.25, 0.3) is 49.7 Å². The summed E-state index contributed by atoms with van der Waals surface area (Å²) in [6.07, 6.45) is 0. The third-order valence-corrected chi connectivity index (χ3v) is 6.42. The van der Waals surface area contributed by atoms with Crippen molar-refractivity contribution >= 4 is 34.4 Å². The van der Waals surface area contributed by atoms with E-state index < -0.39 is 7.12 Å². The van der Waals surface area contributed by atoms with Crippen LogP contribution < -0.4 is 5.46 Å². The van der Waals surface area contributed by atoms with E-state index in [-0.39, 0.29) is 0 Å². The molecular weight excluding hydrogens is 417 g/mol. The molecular formula is C30H22BNO2. The van der Waals surface area contributed by atoms with E-state index in [0.717, 1.165) is 33.1 Å². The molecule has 34 heavy (non-hydrogen) atoms. The maximum absolute atomic E-state index is 9.66. The van der Waals surface area contributed by atoms with Crippen LogP contribution in [-0.2, 0) is 0 Å². The summed E-state index contributed by atoms with van der Waals surface area (Å²) in [5, 5.41) is 21.4. The van der Waals surface area contributed by atoms with E-state index in [0.29, 0.717) is 5.46 Å². The normalized spacial score (nSPS) is 11.2. The molecule has 0 atom stereocenters. The molecule has 0 aliphatic heterocycles. The van der Waals surface area contributed by atoms with Gasteiger partial charge in [0.2, 0.25) is 0 Å². The number of benzene rings is 5. The van der Waals surface area contributed by atoms with Crippen molar-refractivity contribution in [1.82, 2.24) is 4.57 Å². The summed E-state index contributed by atoms with van der Waals surface area (Å²) in [4.78, 5) is 0. The Bertz CT molecular complexity index is 1620. The molecule has 0 saturated carbocycles. The second-order valence-electron chi connectivity index (χ2n) is 8.50. The lowest BCUT2D eigenvalue weighted by Gasteiger charge is -2.10. The van der Waals surface area contributed by atoms with Crippen molar-refractivity contribution in [3.8, 4) is 27.9 Å². The van der Waals surface area contributed by atoms with Crippen molar-refractivity contribution in [3.63, 3.8) is 0 Å². The minimum atomic E-state index is -1.49. The number of hydrogen-bond acceptors (Lipinski definition) is 2. The number of rotatable bonds is 4. The molecule has 0 aliphatic rings. The Balaban J connectivity index is 1.45. The highest BCUT2D eigenvalue weighted by atomic mass is 16.4. The Morgan fingerprint density at radius 3 is 1.82 bits per heavy atom. The fraction of sp³-hybridized carbons (Fsp3) is 0. The van der Waals surface area contributed by atoms with Gasteiger partial charge < -0.3 is 14.6 Å². The Kier molecular flexibility index (Phi) is 5.03. The highest BCUT2D eigenvalue weighted by Gasteiger charge is 2.16. The van der Waals surface area contributed by atoms with Gasteiger partial charge in [-0.3, -0.25) is 0 Å². The monoisotopic (exact) mass is 439 g/mol. The zero-order valence-corrected chi connectivity index (χ0v) is 18.5. The van der Waals surface area contributed by atoms with Gasteiger partial charge in [-0.25, -0.2) is 0 Å². The van der Waals surface area contributed by atoms with Crippen LogP contribution >= 0.6 is 0 Å². The molecule has 0 fully saturated rings. The van der Waals surface area contributed by atoms with Crippen LogP contribution in [0.5, 0.6) is 0 Å². The first-order chi connectivity index (χ1) is 16.7. The van der Waals surface area contributed by atoms with Crippen LogP contribution in [0.1, 0.15) is 0 Å². The third-order valence-electron chi connectivity index (χ3n) is 6.42. The molecule has 3 nitrogen and oxygen atoms in total. The van der Waals surface area contributed by atoms with Gasteiger partial charge in [-0.15, -0.1) is 0 Å². The summed E-state index contributed by atoms with van der Waals surface area (Å²) in [6.45, 7) is 0. The molecule has 0 amide bonds. The maximum Gasteiger partial charge on any atom is 0.488 e. The van der Waals surface area contributed by atoms with Gasteiger partial charge in [0.15, 0.2) is 0 Å². The molecule has 1 heterocycles. The minimum absolute atomic E-state index is 0.490. The fourth-order valence-corrected chi connectivity index (χ4v) is 4.74. The van der Waals surface area contributed by atoms with Crippen LogP contribution in [0.4, 0.5) is 0 Å². The van der Waals surface area contributed by atoms with Crippen molar-refractivity contribution < 1.29 is 10.0 Å². The average molecular weight is 439 g/mol. The van der Waals surface area contributed by atoms with Crippen molar-refractivity contribution in [2.24, 2.45) is 0 Å². The quantitative estimate of drug-likeness (QED) is 0.341. The van der Waals surface area contributed by atoms with Crippen LogP contribution in [0.3, 0.4) is 0 Å². The Morgan fingerprint density at radius 2 is 1.09 bits per heavy atom. The molecule has 0 spiro atoms. The van der Waals surface area contributed by atoms with E-state index >= 15 is 0 Å². The summed E-state index contributed by atoms with van der Waals surface area (Å²) in [6, 6.07) is 41.4. The van der Waals surface area contributed by atoms with Gasteiger partial charge in [0.05, 0.1) is 11.0 Å². The first-order valence-electron chi connectivity index (χ1n) is 11.3. The molecule has 0 radical (unpaired) electrons. The topological polar surface area (TPSA) is 45.4 Å². The lowest BCUT2D eigenvalue weighted by molar-refractivity contribution is 0.426.